The van der Waals surface area contributed by atoms with Gasteiger partial charge in [0.25, 0.3) is 0 Å². The first kappa shape index (κ1) is 11.6. The zero-order valence-electron chi connectivity index (χ0n) is 8.93. The van der Waals surface area contributed by atoms with E-state index in [0.717, 1.165) is 18.9 Å². The molecule has 0 aromatic heterocycles. The van der Waals surface area contributed by atoms with Crippen molar-refractivity contribution in [3.63, 3.8) is 0 Å². The SMILES string of the molecule is O=Cc1ccc(OC(C(=O)O)C2CC2)c(F)c1. The standard InChI is InChI=1S/C12H11FO4/c13-9-5-7(6-14)1-4-10(9)17-11(12(15)16)8-2-3-8/h1,4-6,8,11H,2-3H2,(H,15,16). The van der Waals surface area contributed by atoms with Gasteiger partial charge in [-0.05, 0) is 31.0 Å². The summed E-state index contributed by atoms with van der Waals surface area (Å²) in [6, 6.07) is 3.68. The molecule has 17 heavy (non-hydrogen) atoms. The Morgan fingerprint density at radius 1 is 1.53 bits per heavy atom. The quantitative estimate of drug-likeness (QED) is 0.795. The van der Waals surface area contributed by atoms with Crippen LogP contribution in [0.5, 0.6) is 5.75 Å². The Morgan fingerprint density at radius 2 is 2.24 bits per heavy atom. The minimum absolute atomic E-state index is 0.0438. The van der Waals surface area contributed by atoms with E-state index in [1.807, 2.05) is 0 Å². The van der Waals surface area contributed by atoms with Crippen molar-refractivity contribution in [2.75, 3.05) is 0 Å². The number of ether oxygens (including phenoxy) is 1. The second-order valence-electron chi connectivity index (χ2n) is 4.02. The molecule has 2 rings (SSSR count). The summed E-state index contributed by atoms with van der Waals surface area (Å²) in [4.78, 5) is 21.3. The summed E-state index contributed by atoms with van der Waals surface area (Å²) in [5.41, 5.74) is 0.188. The van der Waals surface area contributed by atoms with Crippen LogP contribution >= 0.6 is 0 Å². The smallest absolute Gasteiger partial charge is 0.345 e. The van der Waals surface area contributed by atoms with E-state index in [9.17, 15) is 14.0 Å². The van der Waals surface area contributed by atoms with E-state index in [1.54, 1.807) is 0 Å². The number of rotatable bonds is 5. The van der Waals surface area contributed by atoms with E-state index in [2.05, 4.69) is 0 Å². The highest BCUT2D eigenvalue weighted by molar-refractivity contribution is 5.75. The number of aliphatic carboxylic acids is 1. The molecule has 0 amide bonds. The third-order valence-corrected chi connectivity index (χ3v) is 2.64. The van der Waals surface area contributed by atoms with Gasteiger partial charge in [0.15, 0.2) is 17.7 Å². The fraction of sp³-hybridized carbons (Fsp3) is 0.333. The largest absolute Gasteiger partial charge is 0.478 e. The van der Waals surface area contributed by atoms with Crippen molar-refractivity contribution in [2.24, 2.45) is 5.92 Å². The fourth-order valence-electron chi connectivity index (χ4n) is 1.57. The predicted octanol–water partition coefficient (Wildman–Crippen LogP) is 1.88. The lowest BCUT2D eigenvalue weighted by atomic mass is 10.2. The molecule has 0 bridgehead atoms. The van der Waals surface area contributed by atoms with Gasteiger partial charge in [0.05, 0.1) is 0 Å². The third kappa shape index (κ3) is 2.61. The van der Waals surface area contributed by atoms with Crippen LogP contribution in [0, 0.1) is 11.7 Å². The van der Waals surface area contributed by atoms with E-state index < -0.39 is 17.9 Å². The van der Waals surface area contributed by atoms with Crippen LogP contribution < -0.4 is 4.74 Å². The van der Waals surface area contributed by atoms with Crippen LogP contribution in [-0.4, -0.2) is 23.5 Å². The van der Waals surface area contributed by atoms with Crippen LogP contribution in [0.3, 0.4) is 0 Å². The number of carbonyl (C=O) groups is 2. The molecule has 1 aromatic rings. The average Bonchev–Trinajstić information content (AvgIpc) is 3.10. The van der Waals surface area contributed by atoms with Crippen LogP contribution in [-0.2, 0) is 4.79 Å². The topological polar surface area (TPSA) is 63.6 Å². The Hall–Kier alpha value is -1.91. The minimum Gasteiger partial charge on any atom is -0.478 e. The molecule has 1 aromatic carbocycles. The molecule has 0 heterocycles. The molecule has 1 aliphatic carbocycles. The number of carboxylic acids is 1. The van der Waals surface area contributed by atoms with E-state index in [-0.39, 0.29) is 17.2 Å². The molecule has 5 heteroatoms. The van der Waals surface area contributed by atoms with Crippen LogP contribution in [0.4, 0.5) is 4.39 Å². The summed E-state index contributed by atoms with van der Waals surface area (Å²) < 4.78 is 18.6. The van der Waals surface area contributed by atoms with Crippen molar-refractivity contribution in [1.82, 2.24) is 0 Å². The highest BCUT2D eigenvalue weighted by Gasteiger charge is 2.38. The molecule has 0 aliphatic heterocycles. The Kier molecular flexibility index (Phi) is 3.08. The molecule has 1 unspecified atom stereocenters. The number of carboxylic acid groups (broad SMARTS) is 1. The molecule has 1 atom stereocenters. The second-order valence-corrected chi connectivity index (χ2v) is 4.02. The molecule has 0 radical (unpaired) electrons. The van der Waals surface area contributed by atoms with Crippen molar-refractivity contribution in [3.8, 4) is 5.75 Å². The van der Waals surface area contributed by atoms with Gasteiger partial charge in [-0.15, -0.1) is 0 Å². The van der Waals surface area contributed by atoms with E-state index in [0.29, 0.717) is 6.29 Å². The van der Waals surface area contributed by atoms with Crippen molar-refractivity contribution >= 4 is 12.3 Å². The number of benzene rings is 1. The van der Waals surface area contributed by atoms with E-state index in [1.165, 1.54) is 12.1 Å². The van der Waals surface area contributed by atoms with Gasteiger partial charge in [0, 0.05) is 11.5 Å². The van der Waals surface area contributed by atoms with Gasteiger partial charge in [-0.3, -0.25) is 4.79 Å². The lowest BCUT2D eigenvalue weighted by molar-refractivity contribution is -0.146. The predicted molar refractivity (Wildman–Crippen MR) is 56.6 cm³/mol. The summed E-state index contributed by atoms with van der Waals surface area (Å²) in [6.07, 6.45) is 1.07. The molecule has 90 valence electrons. The van der Waals surface area contributed by atoms with E-state index in [4.69, 9.17) is 9.84 Å². The fourth-order valence-corrected chi connectivity index (χ4v) is 1.57. The Bertz CT molecular complexity index is 454. The number of aldehydes is 1. The van der Waals surface area contributed by atoms with Gasteiger partial charge in [0.2, 0.25) is 0 Å². The normalized spacial score (nSPS) is 16.3. The van der Waals surface area contributed by atoms with Gasteiger partial charge in [-0.2, -0.15) is 0 Å². The highest BCUT2D eigenvalue weighted by Crippen LogP contribution is 2.35. The highest BCUT2D eigenvalue weighted by atomic mass is 19.1. The van der Waals surface area contributed by atoms with Crippen LogP contribution in [0.25, 0.3) is 0 Å². The minimum atomic E-state index is -1.09. The van der Waals surface area contributed by atoms with Crippen molar-refractivity contribution in [2.45, 2.75) is 18.9 Å². The molecular weight excluding hydrogens is 227 g/mol. The van der Waals surface area contributed by atoms with Crippen LogP contribution in [0.1, 0.15) is 23.2 Å². The Balaban J connectivity index is 2.16. The van der Waals surface area contributed by atoms with Gasteiger partial charge in [-0.1, -0.05) is 0 Å². The molecule has 0 spiro atoms. The summed E-state index contributed by atoms with van der Waals surface area (Å²) in [5, 5.41) is 8.93. The maximum atomic E-state index is 13.5. The summed E-state index contributed by atoms with van der Waals surface area (Å²) >= 11 is 0. The number of carbonyl (C=O) groups excluding carboxylic acids is 1. The number of hydrogen-bond acceptors (Lipinski definition) is 3. The third-order valence-electron chi connectivity index (χ3n) is 2.64. The molecule has 4 nitrogen and oxygen atoms in total. The lowest BCUT2D eigenvalue weighted by Crippen LogP contribution is -2.29. The first-order valence-corrected chi connectivity index (χ1v) is 5.26. The van der Waals surface area contributed by atoms with Gasteiger partial charge < -0.3 is 9.84 Å². The monoisotopic (exact) mass is 238 g/mol. The summed E-state index contributed by atoms with van der Waals surface area (Å²) in [5.74, 6) is -1.99. The molecule has 1 aliphatic rings. The molecular formula is C12H11FO4. The maximum Gasteiger partial charge on any atom is 0.345 e. The molecule has 0 saturated heterocycles. The maximum absolute atomic E-state index is 13.5. The van der Waals surface area contributed by atoms with Gasteiger partial charge >= 0.3 is 5.97 Å². The first-order chi connectivity index (χ1) is 8.11. The Morgan fingerprint density at radius 3 is 2.71 bits per heavy atom. The zero-order chi connectivity index (χ0) is 12.4. The second kappa shape index (κ2) is 4.53. The van der Waals surface area contributed by atoms with E-state index >= 15 is 0 Å². The number of hydrogen-bond donors (Lipinski definition) is 1. The first-order valence-electron chi connectivity index (χ1n) is 5.26. The van der Waals surface area contributed by atoms with Crippen molar-refractivity contribution in [3.05, 3.63) is 29.6 Å². The molecule has 1 fully saturated rings. The van der Waals surface area contributed by atoms with Crippen molar-refractivity contribution < 1.29 is 23.8 Å². The Labute approximate surface area is 97.0 Å². The van der Waals surface area contributed by atoms with Crippen molar-refractivity contribution in [1.29, 1.82) is 0 Å². The average molecular weight is 238 g/mol. The van der Waals surface area contributed by atoms with Gasteiger partial charge in [0.1, 0.15) is 6.29 Å². The van der Waals surface area contributed by atoms with Gasteiger partial charge in [-0.25, -0.2) is 9.18 Å². The zero-order valence-corrected chi connectivity index (χ0v) is 8.93. The molecule has 1 N–H and O–H groups in total. The summed E-state index contributed by atoms with van der Waals surface area (Å²) in [6.45, 7) is 0. The van der Waals surface area contributed by atoms with Crippen LogP contribution in [0.2, 0.25) is 0 Å². The van der Waals surface area contributed by atoms with Crippen LogP contribution in [0.15, 0.2) is 18.2 Å². The molecule has 1 saturated carbocycles. The summed E-state index contributed by atoms with van der Waals surface area (Å²) in [7, 11) is 0. The number of halogens is 1. The lowest BCUT2D eigenvalue weighted by Gasteiger charge is -2.14.